The molecule has 2 aliphatic rings. The third-order valence-corrected chi connectivity index (χ3v) is 7.79. The SMILES string of the molecule is Cc1cc(C)nc(N2CCCN(c3ccc(NC(=O)C(=O)c4c(-c5ccccc5)cc5n4CCOC5)cc3)CC2)c1. The fourth-order valence-corrected chi connectivity index (χ4v) is 5.83. The van der Waals surface area contributed by atoms with Gasteiger partial charge < -0.3 is 24.4 Å². The van der Waals surface area contributed by atoms with E-state index in [1.54, 1.807) is 0 Å². The van der Waals surface area contributed by atoms with Crippen LogP contribution in [-0.4, -0.2) is 54.0 Å². The topological polar surface area (TPSA) is 79.7 Å². The van der Waals surface area contributed by atoms with Crippen LogP contribution in [0, 0.1) is 13.8 Å². The van der Waals surface area contributed by atoms with Crippen molar-refractivity contribution in [2.45, 2.75) is 33.4 Å². The van der Waals surface area contributed by atoms with Crippen molar-refractivity contribution in [2.75, 3.05) is 47.9 Å². The minimum Gasteiger partial charge on any atom is -0.373 e. The number of fused-ring (bicyclic) bond motifs is 1. The second-order valence-electron chi connectivity index (χ2n) is 10.8. The molecule has 0 bridgehead atoms. The van der Waals surface area contributed by atoms with Gasteiger partial charge in [0.25, 0.3) is 11.7 Å². The van der Waals surface area contributed by atoms with E-state index in [4.69, 9.17) is 9.72 Å². The molecule has 8 nitrogen and oxygen atoms in total. The van der Waals surface area contributed by atoms with Gasteiger partial charge in [-0.25, -0.2) is 4.98 Å². The van der Waals surface area contributed by atoms with Gasteiger partial charge in [0.2, 0.25) is 0 Å². The molecule has 2 aliphatic heterocycles. The second-order valence-corrected chi connectivity index (χ2v) is 10.8. The number of pyridine rings is 1. The maximum atomic E-state index is 13.5. The molecule has 1 fully saturated rings. The first-order valence-electron chi connectivity index (χ1n) is 14.2. The van der Waals surface area contributed by atoms with E-state index in [0.29, 0.717) is 31.1 Å². The summed E-state index contributed by atoms with van der Waals surface area (Å²) in [7, 11) is 0. The highest BCUT2D eigenvalue weighted by atomic mass is 16.5. The molecule has 41 heavy (non-hydrogen) atoms. The summed E-state index contributed by atoms with van der Waals surface area (Å²) >= 11 is 0. The minimum absolute atomic E-state index is 0.413. The van der Waals surface area contributed by atoms with E-state index in [9.17, 15) is 9.59 Å². The van der Waals surface area contributed by atoms with E-state index < -0.39 is 11.7 Å². The van der Waals surface area contributed by atoms with E-state index in [1.807, 2.05) is 72.2 Å². The molecule has 2 aromatic heterocycles. The van der Waals surface area contributed by atoms with Crippen LogP contribution < -0.4 is 15.1 Å². The van der Waals surface area contributed by atoms with E-state index in [2.05, 4.69) is 34.2 Å². The number of ketones is 1. The van der Waals surface area contributed by atoms with Crippen molar-refractivity contribution in [3.8, 4) is 11.1 Å². The molecule has 2 aromatic carbocycles. The highest BCUT2D eigenvalue weighted by Crippen LogP contribution is 2.30. The lowest BCUT2D eigenvalue weighted by molar-refractivity contribution is -0.112. The van der Waals surface area contributed by atoms with Crippen LogP contribution in [0.25, 0.3) is 11.1 Å². The highest BCUT2D eigenvalue weighted by molar-refractivity contribution is 6.47. The number of aromatic nitrogens is 2. The molecule has 0 unspecified atom stereocenters. The van der Waals surface area contributed by atoms with Gasteiger partial charge in [0.15, 0.2) is 0 Å². The number of carbonyl (C=O) groups excluding carboxylic acids is 2. The minimum atomic E-state index is -0.645. The Morgan fingerprint density at radius 3 is 2.39 bits per heavy atom. The average Bonchev–Trinajstić information content (AvgIpc) is 3.19. The number of carbonyl (C=O) groups is 2. The molecule has 0 aliphatic carbocycles. The van der Waals surface area contributed by atoms with Gasteiger partial charge in [-0.1, -0.05) is 30.3 Å². The zero-order valence-corrected chi connectivity index (χ0v) is 23.6. The van der Waals surface area contributed by atoms with Crippen molar-refractivity contribution in [1.82, 2.24) is 9.55 Å². The number of ether oxygens (including phenoxy) is 1. The van der Waals surface area contributed by atoms with Crippen molar-refractivity contribution in [2.24, 2.45) is 0 Å². The van der Waals surface area contributed by atoms with Crippen LogP contribution in [0.3, 0.4) is 0 Å². The molecular weight excluding hydrogens is 514 g/mol. The number of amides is 1. The molecule has 210 valence electrons. The summed E-state index contributed by atoms with van der Waals surface area (Å²) in [6, 6.07) is 23.7. The monoisotopic (exact) mass is 549 g/mol. The first kappa shape index (κ1) is 26.8. The number of nitrogens with one attached hydrogen (secondary N) is 1. The van der Waals surface area contributed by atoms with Crippen molar-refractivity contribution in [1.29, 1.82) is 0 Å². The standard InChI is InChI=1S/C33H35N5O3/c1-23-19-24(2)34-30(20-23)37-14-6-13-36(15-16-37)27-11-9-26(10-12-27)35-33(40)32(39)31-29(25-7-4-3-5-8-25)21-28-22-41-18-17-38(28)31/h3-5,7-12,19-21H,6,13-18,22H2,1-2H3,(H,35,40). The fraction of sp³-hybridized carbons (Fsp3) is 0.303. The van der Waals surface area contributed by atoms with E-state index in [0.717, 1.165) is 66.6 Å². The van der Waals surface area contributed by atoms with Crippen LogP contribution in [0.15, 0.2) is 72.8 Å². The van der Waals surface area contributed by atoms with Crippen LogP contribution in [0.5, 0.6) is 0 Å². The Labute approximate surface area is 240 Å². The number of nitrogens with zero attached hydrogens (tertiary/aromatic N) is 4. The summed E-state index contributed by atoms with van der Waals surface area (Å²) in [6.45, 7) is 9.29. The molecule has 4 aromatic rings. The number of aryl methyl sites for hydroxylation is 2. The van der Waals surface area contributed by atoms with E-state index in [-0.39, 0.29) is 0 Å². The zero-order valence-electron chi connectivity index (χ0n) is 23.6. The first-order chi connectivity index (χ1) is 20.0. The number of hydrogen-bond acceptors (Lipinski definition) is 6. The Morgan fingerprint density at radius 2 is 1.61 bits per heavy atom. The van der Waals surface area contributed by atoms with Gasteiger partial charge in [-0.05, 0) is 73.9 Å². The molecule has 8 heteroatoms. The van der Waals surface area contributed by atoms with Gasteiger partial charge in [-0.3, -0.25) is 9.59 Å². The zero-order chi connectivity index (χ0) is 28.3. The molecule has 1 saturated heterocycles. The van der Waals surface area contributed by atoms with Crippen LogP contribution in [-0.2, 0) is 22.7 Å². The van der Waals surface area contributed by atoms with Crippen molar-refractivity contribution in [3.63, 3.8) is 0 Å². The van der Waals surface area contributed by atoms with Gasteiger partial charge >= 0.3 is 0 Å². The third-order valence-electron chi connectivity index (χ3n) is 7.79. The summed E-state index contributed by atoms with van der Waals surface area (Å²) in [6.07, 6.45) is 1.03. The maximum Gasteiger partial charge on any atom is 0.298 e. The summed E-state index contributed by atoms with van der Waals surface area (Å²) in [5.74, 6) is -0.151. The van der Waals surface area contributed by atoms with E-state index in [1.165, 1.54) is 5.56 Å². The van der Waals surface area contributed by atoms with Gasteiger partial charge in [-0.15, -0.1) is 0 Å². The van der Waals surface area contributed by atoms with Crippen LogP contribution in [0.1, 0.15) is 33.9 Å². The number of anilines is 3. The Kier molecular flexibility index (Phi) is 7.57. The summed E-state index contributed by atoms with van der Waals surface area (Å²) in [5.41, 5.74) is 6.93. The van der Waals surface area contributed by atoms with Crippen LogP contribution in [0.2, 0.25) is 0 Å². The Balaban J connectivity index is 1.14. The molecule has 0 spiro atoms. The molecule has 1 amide bonds. The summed E-state index contributed by atoms with van der Waals surface area (Å²) in [5, 5.41) is 2.83. The molecule has 0 atom stereocenters. The lowest BCUT2D eigenvalue weighted by Gasteiger charge is -2.25. The predicted octanol–water partition coefficient (Wildman–Crippen LogP) is 5.24. The number of hydrogen-bond donors (Lipinski definition) is 1. The Bertz CT molecular complexity index is 1540. The Hall–Kier alpha value is -4.43. The lowest BCUT2D eigenvalue weighted by atomic mass is 10.0. The molecule has 0 radical (unpaired) electrons. The van der Waals surface area contributed by atoms with E-state index >= 15 is 0 Å². The van der Waals surface area contributed by atoms with Gasteiger partial charge in [0, 0.05) is 61.0 Å². The Morgan fingerprint density at radius 1 is 0.854 bits per heavy atom. The van der Waals surface area contributed by atoms with Crippen molar-refractivity contribution < 1.29 is 14.3 Å². The molecular formula is C33H35N5O3. The quantitative estimate of drug-likeness (QED) is 0.262. The lowest BCUT2D eigenvalue weighted by Crippen LogP contribution is -2.31. The van der Waals surface area contributed by atoms with Gasteiger partial charge in [-0.2, -0.15) is 0 Å². The predicted molar refractivity (Wildman–Crippen MR) is 162 cm³/mol. The number of rotatable bonds is 6. The van der Waals surface area contributed by atoms with Crippen molar-refractivity contribution in [3.05, 3.63) is 95.4 Å². The molecule has 4 heterocycles. The highest BCUT2D eigenvalue weighted by Gasteiger charge is 2.28. The average molecular weight is 550 g/mol. The molecule has 0 saturated carbocycles. The second kappa shape index (κ2) is 11.6. The maximum absolute atomic E-state index is 13.5. The van der Waals surface area contributed by atoms with Gasteiger partial charge in [0.1, 0.15) is 11.5 Å². The smallest absolute Gasteiger partial charge is 0.298 e. The van der Waals surface area contributed by atoms with Crippen LogP contribution >= 0.6 is 0 Å². The molecule has 6 rings (SSSR count). The van der Waals surface area contributed by atoms with Gasteiger partial charge in [0.05, 0.1) is 13.2 Å². The largest absolute Gasteiger partial charge is 0.373 e. The number of Topliss-reactive ketones (excluding diaryl/α,β-unsaturated/α-hetero) is 1. The normalized spacial score (nSPS) is 15.3. The van der Waals surface area contributed by atoms with Crippen molar-refractivity contribution >= 4 is 28.9 Å². The summed E-state index contributed by atoms with van der Waals surface area (Å²) < 4.78 is 7.52. The molecule has 1 N–H and O–H groups in total. The number of benzene rings is 2. The summed E-state index contributed by atoms with van der Waals surface area (Å²) in [4.78, 5) is 36.2. The van der Waals surface area contributed by atoms with Crippen LogP contribution in [0.4, 0.5) is 17.2 Å². The third kappa shape index (κ3) is 5.74. The first-order valence-corrected chi connectivity index (χ1v) is 14.2. The fourth-order valence-electron chi connectivity index (χ4n) is 5.83.